The molecule has 168 valence electrons. The Balaban J connectivity index is 1.52. The van der Waals surface area contributed by atoms with Crippen molar-refractivity contribution in [2.45, 2.75) is 36.7 Å². The van der Waals surface area contributed by atoms with E-state index < -0.39 is 15.9 Å². The minimum absolute atomic E-state index is 0.0328. The number of ether oxygens (including phenoxy) is 2. The fourth-order valence-corrected chi connectivity index (χ4v) is 5.61. The maximum atomic E-state index is 13.0. The third-order valence-electron chi connectivity index (χ3n) is 5.55. The van der Waals surface area contributed by atoms with Gasteiger partial charge in [-0.3, -0.25) is 4.79 Å². The number of halogens is 1. The lowest BCUT2D eigenvalue weighted by Crippen LogP contribution is -2.27. The zero-order chi connectivity index (χ0) is 22.0. The van der Waals surface area contributed by atoms with Crippen molar-refractivity contribution in [3.05, 3.63) is 41.2 Å². The van der Waals surface area contributed by atoms with Crippen LogP contribution in [0.4, 0.5) is 5.69 Å². The Bertz CT molecular complexity index is 1060. The lowest BCUT2D eigenvalue weighted by atomic mass is 10.2. The van der Waals surface area contributed by atoms with Crippen LogP contribution in [0, 0.1) is 0 Å². The predicted molar refractivity (Wildman–Crippen MR) is 117 cm³/mol. The number of amides is 1. The Morgan fingerprint density at radius 2 is 2.03 bits per heavy atom. The van der Waals surface area contributed by atoms with Crippen LogP contribution in [-0.4, -0.2) is 55.6 Å². The minimum Gasteiger partial charge on any atom is -0.489 e. The molecule has 0 spiro atoms. The molecule has 2 aliphatic heterocycles. The van der Waals surface area contributed by atoms with E-state index in [4.69, 9.17) is 21.1 Å². The van der Waals surface area contributed by atoms with Gasteiger partial charge in [-0.1, -0.05) is 11.6 Å². The number of nitrogens with one attached hydrogen (secondary N) is 1. The smallest absolute Gasteiger partial charge is 0.272 e. The van der Waals surface area contributed by atoms with Crippen LogP contribution in [0.3, 0.4) is 0 Å². The van der Waals surface area contributed by atoms with E-state index in [1.807, 2.05) is 0 Å². The van der Waals surface area contributed by atoms with Crippen LogP contribution in [-0.2, 0) is 21.8 Å². The van der Waals surface area contributed by atoms with Gasteiger partial charge in [0.2, 0.25) is 10.0 Å². The fraction of sp³-hybridized carbons (Fsp3) is 0.476. The average molecular weight is 468 g/mol. The quantitative estimate of drug-likeness (QED) is 0.675. The topological polar surface area (TPSA) is 89.9 Å². The molecule has 0 bridgehead atoms. The van der Waals surface area contributed by atoms with Gasteiger partial charge in [-0.2, -0.15) is 4.31 Å². The number of benzene rings is 1. The average Bonchev–Trinajstić information content (AvgIpc) is 3.49. The van der Waals surface area contributed by atoms with E-state index in [-0.39, 0.29) is 16.7 Å². The summed E-state index contributed by atoms with van der Waals surface area (Å²) >= 11 is 6.12. The number of hydrogen-bond acceptors (Lipinski definition) is 5. The standard InChI is InChI=1S/C21H26ClN3O5S/c1-24-13-17(31(27,28)25-8-2-3-9-25)12-19(24)21(26)23-18-11-15(22)6-7-20(18)30-14-16-5-4-10-29-16/h6-7,11-13,16H,2-5,8-10,14H2,1H3,(H,23,26). The SMILES string of the molecule is Cn1cc(S(=O)(=O)N2CCCC2)cc1C(=O)Nc1cc(Cl)ccc1OCC1CCCO1. The van der Waals surface area contributed by atoms with E-state index in [9.17, 15) is 13.2 Å². The maximum absolute atomic E-state index is 13.0. The second-order valence-electron chi connectivity index (χ2n) is 7.82. The molecule has 1 N–H and O–H groups in total. The Hall–Kier alpha value is -2.07. The van der Waals surface area contributed by atoms with Crippen molar-refractivity contribution in [2.75, 3.05) is 31.6 Å². The lowest BCUT2D eigenvalue weighted by molar-refractivity contribution is 0.0682. The predicted octanol–water partition coefficient (Wildman–Crippen LogP) is 3.27. The first-order chi connectivity index (χ1) is 14.8. The number of aryl methyl sites for hydroxylation is 1. The normalized spacial score (nSPS) is 19.6. The van der Waals surface area contributed by atoms with Gasteiger partial charge in [-0.15, -0.1) is 0 Å². The molecule has 0 aliphatic carbocycles. The highest BCUT2D eigenvalue weighted by molar-refractivity contribution is 7.89. The van der Waals surface area contributed by atoms with Gasteiger partial charge in [0.15, 0.2) is 0 Å². The zero-order valence-electron chi connectivity index (χ0n) is 17.3. The van der Waals surface area contributed by atoms with Crippen molar-refractivity contribution < 1.29 is 22.7 Å². The number of rotatable bonds is 7. The molecule has 2 aromatic rings. The Labute approximate surface area is 187 Å². The Morgan fingerprint density at radius 3 is 2.74 bits per heavy atom. The highest BCUT2D eigenvalue weighted by atomic mass is 35.5. The molecule has 2 fully saturated rings. The van der Waals surface area contributed by atoms with E-state index in [1.165, 1.54) is 21.1 Å². The highest BCUT2D eigenvalue weighted by Crippen LogP contribution is 2.30. The van der Waals surface area contributed by atoms with Crippen LogP contribution < -0.4 is 10.1 Å². The summed E-state index contributed by atoms with van der Waals surface area (Å²) in [6, 6.07) is 6.39. The van der Waals surface area contributed by atoms with Crippen LogP contribution >= 0.6 is 11.6 Å². The van der Waals surface area contributed by atoms with Gasteiger partial charge < -0.3 is 19.4 Å². The van der Waals surface area contributed by atoms with Crippen LogP contribution in [0.5, 0.6) is 5.75 Å². The molecular weight excluding hydrogens is 442 g/mol. The van der Waals surface area contributed by atoms with Gasteiger partial charge in [-0.25, -0.2) is 8.42 Å². The Morgan fingerprint density at radius 1 is 1.26 bits per heavy atom. The van der Waals surface area contributed by atoms with Crippen LogP contribution in [0.2, 0.25) is 5.02 Å². The van der Waals surface area contributed by atoms with Gasteiger partial charge in [-0.05, 0) is 49.9 Å². The number of carbonyl (C=O) groups is 1. The third kappa shape index (κ3) is 4.90. The van der Waals surface area contributed by atoms with Gasteiger partial charge in [0.05, 0.1) is 11.8 Å². The number of aromatic nitrogens is 1. The molecule has 2 saturated heterocycles. The molecule has 10 heteroatoms. The molecule has 2 aliphatic rings. The van der Waals surface area contributed by atoms with Gasteiger partial charge in [0.25, 0.3) is 5.91 Å². The molecule has 3 heterocycles. The summed E-state index contributed by atoms with van der Waals surface area (Å²) in [5, 5.41) is 3.25. The van der Waals surface area contributed by atoms with Crippen LogP contribution in [0.1, 0.15) is 36.2 Å². The van der Waals surface area contributed by atoms with Gasteiger partial charge in [0, 0.05) is 38.0 Å². The fourth-order valence-electron chi connectivity index (χ4n) is 3.85. The number of nitrogens with zero attached hydrogens (tertiary/aromatic N) is 2. The van der Waals surface area contributed by atoms with Crippen LogP contribution in [0.25, 0.3) is 0 Å². The second kappa shape index (κ2) is 9.20. The summed E-state index contributed by atoms with van der Waals surface area (Å²) < 4.78 is 40.1. The summed E-state index contributed by atoms with van der Waals surface area (Å²) in [6.45, 7) is 2.13. The summed E-state index contributed by atoms with van der Waals surface area (Å²) in [4.78, 5) is 13.1. The zero-order valence-corrected chi connectivity index (χ0v) is 18.9. The number of hydrogen-bond donors (Lipinski definition) is 1. The van der Waals surface area contributed by atoms with E-state index in [0.29, 0.717) is 36.2 Å². The largest absolute Gasteiger partial charge is 0.489 e. The van der Waals surface area contributed by atoms with E-state index in [0.717, 1.165) is 32.3 Å². The van der Waals surface area contributed by atoms with E-state index in [1.54, 1.807) is 25.2 Å². The van der Waals surface area contributed by atoms with E-state index >= 15 is 0 Å². The number of anilines is 1. The number of sulfonamides is 1. The van der Waals surface area contributed by atoms with Crippen molar-refractivity contribution >= 4 is 33.2 Å². The molecule has 1 aromatic heterocycles. The summed E-state index contributed by atoms with van der Waals surface area (Å²) in [5.74, 6) is 0.0296. The molecule has 31 heavy (non-hydrogen) atoms. The molecule has 1 atom stereocenters. The molecule has 8 nitrogen and oxygen atoms in total. The number of carbonyl (C=O) groups excluding carboxylic acids is 1. The molecule has 1 aromatic carbocycles. The molecule has 1 amide bonds. The van der Waals surface area contributed by atoms with Gasteiger partial charge >= 0.3 is 0 Å². The van der Waals surface area contributed by atoms with Crippen molar-refractivity contribution in [1.82, 2.24) is 8.87 Å². The molecule has 4 rings (SSSR count). The monoisotopic (exact) mass is 467 g/mol. The van der Waals surface area contributed by atoms with Gasteiger partial charge in [0.1, 0.15) is 22.9 Å². The second-order valence-corrected chi connectivity index (χ2v) is 10.2. The first-order valence-corrected chi connectivity index (χ1v) is 12.2. The maximum Gasteiger partial charge on any atom is 0.272 e. The highest BCUT2D eigenvalue weighted by Gasteiger charge is 2.29. The van der Waals surface area contributed by atoms with Crippen molar-refractivity contribution in [1.29, 1.82) is 0 Å². The van der Waals surface area contributed by atoms with Crippen LogP contribution in [0.15, 0.2) is 35.4 Å². The Kier molecular flexibility index (Phi) is 6.57. The molecular formula is C21H26ClN3O5S. The summed E-state index contributed by atoms with van der Waals surface area (Å²) in [7, 11) is -1.96. The van der Waals surface area contributed by atoms with Crippen molar-refractivity contribution in [2.24, 2.45) is 7.05 Å². The first kappa shape index (κ1) is 22.1. The first-order valence-electron chi connectivity index (χ1n) is 10.4. The minimum atomic E-state index is -3.61. The van der Waals surface area contributed by atoms with Crippen molar-refractivity contribution in [3.63, 3.8) is 0 Å². The molecule has 1 unspecified atom stereocenters. The lowest BCUT2D eigenvalue weighted by Gasteiger charge is -2.15. The molecule has 0 saturated carbocycles. The summed E-state index contributed by atoms with van der Waals surface area (Å²) in [6.07, 6.45) is 5.15. The van der Waals surface area contributed by atoms with Crippen molar-refractivity contribution in [3.8, 4) is 5.75 Å². The van der Waals surface area contributed by atoms with E-state index in [2.05, 4.69) is 5.32 Å². The molecule has 0 radical (unpaired) electrons. The summed E-state index contributed by atoms with van der Waals surface area (Å²) in [5.41, 5.74) is 0.642. The third-order valence-corrected chi connectivity index (χ3v) is 7.65.